The molecule has 29 heavy (non-hydrogen) atoms. The summed E-state index contributed by atoms with van der Waals surface area (Å²) in [6.45, 7) is 0.173. The Bertz CT molecular complexity index is 885. The summed E-state index contributed by atoms with van der Waals surface area (Å²) in [7, 11) is 1.55. The number of carbonyl (C=O) groups excluding carboxylic acids is 1. The first-order valence-electron chi connectivity index (χ1n) is 9.40. The number of amides is 1. The van der Waals surface area contributed by atoms with Crippen molar-refractivity contribution in [2.75, 3.05) is 20.2 Å². The molecule has 154 valence electrons. The van der Waals surface area contributed by atoms with Crippen LogP contribution in [0.5, 0.6) is 5.75 Å². The Labute approximate surface area is 168 Å². The van der Waals surface area contributed by atoms with Crippen molar-refractivity contribution in [2.45, 2.75) is 25.4 Å². The molecule has 6 nitrogen and oxygen atoms in total. The molecule has 0 bridgehead atoms. The Hall–Kier alpha value is -2.93. The Morgan fingerprint density at radius 2 is 1.93 bits per heavy atom. The minimum Gasteiger partial charge on any atom is -0.497 e. The second-order valence-corrected chi connectivity index (χ2v) is 7.41. The Morgan fingerprint density at radius 3 is 2.59 bits per heavy atom. The zero-order valence-electron chi connectivity index (χ0n) is 16.2. The number of aliphatic hydroxyl groups excluding tert-OH is 1. The van der Waals surface area contributed by atoms with Crippen molar-refractivity contribution >= 4 is 11.9 Å². The number of carboxylic acids is 1. The maximum absolute atomic E-state index is 13.2. The van der Waals surface area contributed by atoms with Crippen LogP contribution in [0, 0.1) is 11.2 Å². The molecule has 3 rings (SSSR count). The standard InChI is InChI=1S/C22H24FNO5/c1-29-18-4-2-3-16(11-18)12-20(26)24-10-9-19(25)22(14-24,21(27)28)13-15-5-7-17(23)8-6-15/h2-8,11,19,25H,9-10,12-14H2,1H3,(H,27,28)/t19-,22+/m0/s1. The van der Waals surface area contributed by atoms with Crippen molar-refractivity contribution in [1.29, 1.82) is 0 Å². The third-order valence-corrected chi connectivity index (χ3v) is 5.48. The molecule has 1 amide bonds. The van der Waals surface area contributed by atoms with Gasteiger partial charge in [0.25, 0.3) is 0 Å². The zero-order chi connectivity index (χ0) is 21.0. The molecule has 0 unspecified atom stereocenters. The fourth-order valence-electron chi connectivity index (χ4n) is 3.79. The highest BCUT2D eigenvalue weighted by molar-refractivity contribution is 5.82. The fourth-order valence-corrected chi connectivity index (χ4v) is 3.79. The van der Waals surface area contributed by atoms with Crippen LogP contribution in [0.15, 0.2) is 48.5 Å². The molecule has 2 atom stereocenters. The Kier molecular flexibility index (Phi) is 6.17. The number of carboxylic acid groups (broad SMARTS) is 1. The van der Waals surface area contributed by atoms with Gasteiger partial charge in [0.05, 0.1) is 19.6 Å². The second kappa shape index (κ2) is 8.61. The maximum Gasteiger partial charge on any atom is 0.314 e. The van der Waals surface area contributed by atoms with E-state index in [0.29, 0.717) is 11.3 Å². The number of likely N-dealkylation sites (tertiary alicyclic amines) is 1. The van der Waals surface area contributed by atoms with Crippen molar-refractivity contribution in [1.82, 2.24) is 4.90 Å². The summed E-state index contributed by atoms with van der Waals surface area (Å²) >= 11 is 0. The molecule has 1 heterocycles. The van der Waals surface area contributed by atoms with Crippen LogP contribution in [0.25, 0.3) is 0 Å². The van der Waals surface area contributed by atoms with Crippen molar-refractivity contribution in [3.63, 3.8) is 0 Å². The van der Waals surface area contributed by atoms with Gasteiger partial charge in [0.15, 0.2) is 0 Å². The van der Waals surface area contributed by atoms with Crippen LogP contribution >= 0.6 is 0 Å². The smallest absolute Gasteiger partial charge is 0.314 e. The van der Waals surface area contributed by atoms with E-state index in [2.05, 4.69) is 0 Å². The first-order valence-corrected chi connectivity index (χ1v) is 9.40. The van der Waals surface area contributed by atoms with Crippen molar-refractivity contribution in [3.8, 4) is 5.75 Å². The van der Waals surface area contributed by atoms with Crippen molar-refractivity contribution in [2.24, 2.45) is 5.41 Å². The van der Waals surface area contributed by atoms with Crippen molar-refractivity contribution in [3.05, 3.63) is 65.5 Å². The normalized spacial score (nSPS) is 21.6. The highest BCUT2D eigenvalue weighted by Crippen LogP contribution is 2.35. The molecule has 0 aromatic heterocycles. The molecule has 1 aliphatic heterocycles. The molecular weight excluding hydrogens is 377 g/mol. The highest BCUT2D eigenvalue weighted by atomic mass is 19.1. The molecule has 2 N–H and O–H groups in total. The molecule has 1 fully saturated rings. The van der Waals surface area contributed by atoms with Crippen LogP contribution in [0.2, 0.25) is 0 Å². The number of rotatable bonds is 6. The van der Waals surface area contributed by atoms with E-state index < -0.39 is 23.3 Å². The van der Waals surface area contributed by atoms with Gasteiger partial charge in [-0.15, -0.1) is 0 Å². The predicted molar refractivity (Wildman–Crippen MR) is 104 cm³/mol. The highest BCUT2D eigenvalue weighted by Gasteiger charge is 2.50. The van der Waals surface area contributed by atoms with Crippen LogP contribution in [0.1, 0.15) is 17.5 Å². The number of ether oxygens (including phenoxy) is 1. The number of methoxy groups -OCH3 is 1. The summed E-state index contributed by atoms with van der Waals surface area (Å²) < 4.78 is 18.4. The van der Waals surface area contributed by atoms with E-state index in [1.54, 1.807) is 25.3 Å². The van der Waals surface area contributed by atoms with E-state index in [4.69, 9.17) is 4.74 Å². The molecule has 1 saturated heterocycles. The van der Waals surface area contributed by atoms with Gasteiger partial charge in [-0.2, -0.15) is 0 Å². The van der Waals surface area contributed by atoms with Gasteiger partial charge < -0.3 is 19.8 Å². The van der Waals surface area contributed by atoms with Crippen LogP contribution in [-0.4, -0.2) is 53.3 Å². The van der Waals surface area contributed by atoms with E-state index in [0.717, 1.165) is 5.56 Å². The molecular formula is C22H24FNO5. The van der Waals surface area contributed by atoms with E-state index in [1.807, 2.05) is 6.07 Å². The first kappa shape index (κ1) is 20.8. The van der Waals surface area contributed by atoms with Gasteiger partial charge in [0, 0.05) is 13.1 Å². The molecule has 0 aliphatic carbocycles. The lowest BCUT2D eigenvalue weighted by atomic mass is 9.72. The molecule has 1 aliphatic rings. The quantitative estimate of drug-likeness (QED) is 0.776. The molecule has 0 saturated carbocycles. The summed E-state index contributed by atoms with van der Waals surface area (Å²) in [6, 6.07) is 12.7. The van der Waals surface area contributed by atoms with Crippen molar-refractivity contribution < 1.29 is 28.9 Å². The summed E-state index contributed by atoms with van der Waals surface area (Å²) in [5, 5.41) is 20.5. The number of nitrogens with zero attached hydrogens (tertiary/aromatic N) is 1. The number of hydrogen-bond donors (Lipinski definition) is 2. The average Bonchev–Trinajstić information content (AvgIpc) is 2.71. The molecule has 2 aromatic rings. The molecule has 2 aromatic carbocycles. The molecule has 0 radical (unpaired) electrons. The third-order valence-electron chi connectivity index (χ3n) is 5.48. The fraction of sp³-hybridized carbons (Fsp3) is 0.364. The van der Waals surface area contributed by atoms with Crippen LogP contribution in [0.3, 0.4) is 0 Å². The van der Waals surface area contributed by atoms with Crippen LogP contribution < -0.4 is 4.74 Å². The van der Waals surface area contributed by atoms with E-state index in [1.165, 1.54) is 29.2 Å². The van der Waals surface area contributed by atoms with E-state index in [-0.39, 0.29) is 38.3 Å². The third kappa shape index (κ3) is 4.56. The van der Waals surface area contributed by atoms with Gasteiger partial charge in [-0.3, -0.25) is 9.59 Å². The number of halogens is 1. The van der Waals surface area contributed by atoms with Gasteiger partial charge >= 0.3 is 5.97 Å². The number of benzene rings is 2. The lowest BCUT2D eigenvalue weighted by molar-refractivity contribution is -0.165. The summed E-state index contributed by atoms with van der Waals surface area (Å²) in [4.78, 5) is 26.5. The van der Waals surface area contributed by atoms with Gasteiger partial charge in [0.1, 0.15) is 17.0 Å². The Balaban J connectivity index is 1.80. The summed E-state index contributed by atoms with van der Waals surface area (Å²) in [5.74, 6) is -1.17. The SMILES string of the molecule is COc1cccc(CC(=O)N2CC[C@H](O)[C@](Cc3ccc(F)cc3)(C(=O)O)C2)c1. The van der Waals surface area contributed by atoms with Gasteiger partial charge in [-0.1, -0.05) is 24.3 Å². The second-order valence-electron chi connectivity index (χ2n) is 7.41. The number of aliphatic hydroxyl groups is 1. The minimum atomic E-state index is -1.54. The first-order chi connectivity index (χ1) is 13.8. The lowest BCUT2D eigenvalue weighted by Gasteiger charge is -2.43. The topological polar surface area (TPSA) is 87.1 Å². The molecule has 0 spiro atoms. The summed E-state index contributed by atoms with van der Waals surface area (Å²) in [6.07, 6.45) is -0.824. The van der Waals surface area contributed by atoms with E-state index in [9.17, 15) is 24.2 Å². The van der Waals surface area contributed by atoms with Gasteiger partial charge in [-0.05, 0) is 48.2 Å². The van der Waals surface area contributed by atoms with Crippen LogP contribution in [0.4, 0.5) is 4.39 Å². The van der Waals surface area contributed by atoms with Gasteiger partial charge in [0.2, 0.25) is 5.91 Å². The van der Waals surface area contributed by atoms with E-state index >= 15 is 0 Å². The lowest BCUT2D eigenvalue weighted by Crippen LogP contribution is -2.58. The zero-order valence-corrected chi connectivity index (χ0v) is 16.2. The number of carbonyl (C=O) groups is 2. The summed E-state index contributed by atoms with van der Waals surface area (Å²) in [5.41, 5.74) is -0.185. The number of piperidine rings is 1. The van der Waals surface area contributed by atoms with Gasteiger partial charge in [-0.25, -0.2) is 4.39 Å². The monoisotopic (exact) mass is 401 g/mol. The molecule has 7 heteroatoms. The van der Waals surface area contributed by atoms with Crippen LogP contribution in [-0.2, 0) is 22.4 Å². The maximum atomic E-state index is 13.2. The number of hydrogen-bond acceptors (Lipinski definition) is 4. The largest absolute Gasteiger partial charge is 0.497 e. The number of aliphatic carboxylic acids is 1. The predicted octanol–water partition coefficient (Wildman–Crippen LogP) is 2.28. The Morgan fingerprint density at radius 1 is 1.21 bits per heavy atom. The minimum absolute atomic E-state index is 0.00667. The average molecular weight is 401 g/mol.